The zero-order valence-corrected chi connectivity index (χ0v) is 14.4. The van der Waals surface area contributed by atoms with E-state index in [1.807, 2.05) is 6.92 Å². The summed E-state index contributed by atoms with van der Waals surface area (Å²) in [7, 11) is 0. The van der Waals surface area contributed by atoms with Crippen molar-refractivity contribution in [1.29, 1.82) is 0 Å². The molecule has 0 spiro atoms. The monoisotopic (exact) mass is 319 g/mol. The van der Waals surface area contributed by atoms with Crippen molar-refractivity contribution in [2.45, 2.75) is 33.6 Å². The molecule has 0 radical (unpaired) electrons. The zero-order valence-electron chi connectivity index (χ0n) is 14.4. The standard InChI is InChI=1S/C16H33NO5/c1-4-19-9-10-21-13-14-22-12-11-20-8-7-17-16(18)6-5-15(2)3/h15H,4-14H2,1-3H3,(H,17,18). The summed E-state index contributed by atoms with van der Waals surface area (Å²) in [4.78, 5) is 11.4. The second-order valence-corrected chi connectivity index (χ2v) is 5.32. The van der Waals surface area contributed by atoms with Crippen LogP contribution in [-0.2, 0) is 23.7 Å². The summed E-state index contributed by atoms with van der Waals surface area (Å²) >= 11 is 0. The lowest BCUT2D eigenvalue weighted by Crippen LogP contribution is -2.27. The summed E-state index contributed by atoms with van der Waals surface area (Å²) in [6.45, 7) is 11.4. The number of nitrogens with one attached hydrogen (secondary N) is 1. The van der Waals surface area contributed by atoms with Crippen molar-refractivity contribution in [3.8, 4) is 0 Å². The lowest BCUT2D eigenvalue weighted by molar-refractivity contribution is -0.121. The molecule has 0 fully saturated rings. The van der Waals surface area contributed by atoms with Crippen molar-refractivity contribution in [3.05, 3.63) is 0 Å². The summed E-state index contributed by atoms with van der Waals surface area (Å²) in [5.41, 5.74) is 0. The van der Waals surface area contributed by atoms with Crippen LogP contribution < -0.4 is 5.32 Å². The van der Waals surface area contributed by atoms with Crippen LogP contribution in [0.4, 0.5) is 0 Å². The molecule has 0 aromatic carbocycles. The molecule has 6 heteroatoms. The van der Waals surface area contributed by atoms with Gasteiger partial charge in [0.2, 0.25) is 5.91 Å². The first kappa shape index (κ1) is 21.3. The first-order valence-electron chi connectivity index (χ1n) is 8.24. The fourth-order valence-corrected chi connectivity index (χ4v) is 1.57. The summed E-state index contributed by atoms with van der Waals surface area (Å²) in [5, 5.41) is 2.84. The van der Waals surface area contributed by atoms with Crippen LogP contribution in [0.2, 0.25) is 0 Å². The summed E-state index contributed by atoms with van der Waals surface area (Å²) < 4.78 is 21.2. The highest BCUT2D eigenvalue weighted by molar-refractivity contribution is 5.75. The minimum absolute atomic E-state index is 0.0951. The predicted molar refractivity (Wildman–Crippen MR) is 86.0 cm³/mol. The molecule has 0 saturated carbocycles. The molecule has 0 unspecified atom stereocenters. The van der Waals surface area contributed by atoms with Crippen molar-refractivity contribution in [2.24, 2.45) is 5.92 Å². The lowest BCUT2D eigenvalue weighted by Gasteiger charge is -2.08. The molecule has 0 aromatic rings. The van der Waals surface area contributed by atoms with Crippen LogP contribution in [0.5, 0.6) is 0 Å². The van der Waals surface area contributed by atoms with Gasteiger partial charge in [0.05, 0.1) is 46.2 Å². The number of carbonyl (C=O) groups excluding carboxylic acids is 1. The van der Waals surface area contributed by atoms with Gasteiger partial charge in [0.15, 0.2) is 0 Å². The third-order valence-electron chi connectivity index (χ3n) is 2.84. The van der Waals surface area contributed by atoms with Gasteiger partial charge in [0, 0.05) is 19.6 Å². The highest BCUT2D eigenvalue weighted by Gasteiger charge is 2.02. The Morgan fingerprint density at radius 1 is 0.864 bits per heavy atom. The maximum atomic E-state index is 11.4. The Labute approximate surface area is 134 Å². The average molecular weight is 319 g/mol. The normalized spacial score (nSPS) is 11.1. The molecule has 0 atom stereocenters. The molecule has 0 aliphatic rings. The maximum Gasteiger partial charge on any atom is 0.220 e. The van der Waals surface area contributed by atoms with E-state index in [2.05, 4.69) is 19.2 Å². The minimum Gasteiger partial charge on any atom is -0.379 e. The van der Waals surface area contributed by atoms with Crippen molar-refractivity contribution in [3.63, 3.8) is 0 Å². The van der Waals surface area contributed by atoms with Crippen molar-refractivity contribution >= 4 is 5.91 Å². The molecule has 0 bridgehead atoms. The third-order valence-corrected chi connectivity index (χ3v) is 2.84. The Hall–Kier alpha value is -0.690. The molecule has 0 saturated heterocycles. The number of amides is 1. The molecule has 1 amide bonds. The van der Waals surface area contributed by atoms with Gasteiger partial charge in [-0.2, -0.15) is 0 Å². The quantitative estimate of drug-likeness (QED) is 0.438. The Morgan fingerprint density at radius 3 is 1.86 bits per heavy atom. The van der Waals surface area contributed by atoms with E-state index in [9.17, 15) is 4.79 Å². The second-order valence-electron chi connectivity index (χ2n) is 5.32. The predicted octanol–water partition coefficient (Wildman–Crippen LogP) is 1.63. The van der Waals surface area contributed by atoms with Gasteiger partial charge in [-0.15, -0.1) is 0 Å². The highest BCUT2D eigenvalue weighted by atomic mass is 16.6. The van der Waals surface area contributed by atoms with Crippen LogP contribution >= 0.6 is 0 Å². The van der Waals surface area contributed by atoms with E-state index in [1.165, 1.54) is 0 Å². The number of carbonyl (C=O) groups is 1. The average Bonchev–Trinajstić information content (AvgIpc) is 2.49. The molecular weight excluding hydrogens is 286 g/mol. The SMILES string of the molecule is CCOCCOCCOCCOCCNC(=O)CCC(C)C. The van der Waals surface area contributed by atoms with Gasteiger partial charge >= 0.3 is 0 Å². The highest BCUT2D eigenvalue weighted by Crippen LogP contribution is 2.02. The maximum absolute atomic E-state index is 11.4. The van der Waals surface area contributed by atoms with Crippen molar-refractivity contribution in [1.82, 2.24) is 5.32 Å². The number of hydrogen-bond donors (Lipinski definition) is 1. The molecular formula is C16H33NO5. The number of rotatable bonds is 16. The Balaban J connectivity index is 3.09. The van der Waals surface area contributed by atoms with Crippen LogP contribution in [0.25, 0.3) is 0 Å². The molecule has 0 rings (SSSR count). The van der Waals surface area contributed by atoms with E-state index in [0.29, 0.717) is 65.1 Å². The summed E-state index contributed by atoms with van der Waals surface area (Å²) in [6, 6.07) is 0. The van der Waals surface area contributed by atoms with E-state index in [0.717, 1.165) is 13.0 Å². The molecule has 0 aromatic heterocycles. The molecule has 22 heavy (non-hydrogen) atoms. The van der Waals surface area contributed by atoms with Crippen LogP contribution in [-0.4, -0.2) is 65.3 Å². The molecule has 0 aliphatic heterocycles. The lowest BCUT2D eigenvalue weighted by atomic mass is 10.1. The first-order chi connectivity index (χ1) is 10.7. The van der Waals surface area contributed by atoms with E-state index in [-0.39, 0.29) is 5.91 Å². The van der Waals surface area contributed by atoms with Gasteiger partial charge in [0.1, 0.15) is 0 Å². The van der Waals surface area contributed by atoms with Gasteiger partial charge in [-0.3, -0.25) is 4.79 Å². The van der Waals surface area contributed by atoms with Gasteiger partial charge in [-0.05, 0) is 19.3 Å². The Bertz CT molecular complexity index is 249. The van der Waals surface area contributed by atoms with Crippen molar-refractivity contribution < 1.29 is 23.7 Å². The van der Waals surface area contributed by atoms with Gasteiger partial charge in [-0.25, -0.2) is 0 Å². The fraction of sp³-hybridized carbons (Fsp3) is 0.938. The Morgan fingerprint density at radius 2 is 1.36 bits per heavy atom. The second kappa shape index (κ2) is 16.7. The number of hydrogen-bond acceptors (Lipinski definition) is 5. The fourth-order valence-electron chi connectivity index (χ4n) is 1.57. The first-order valence-corrected chi connectivity index (χ1v) is 8.24. The van der Waals surface area contributed by atoms with E-state index < -0.39 is 0 Å². The van der Waals surface area contributed by atoms with Crippen LogP contribution in [0, 0.1) is 5.92 Å². The molecule has 0 aliphatic carbocycles. The van der Waals surface area contributed by atoms with Gasteiger partial charge in [0.25, 0.3) is 0 Å². The molecule has 0 heterocycles. The number of ether oxygens (including phenoxy) is 4. The van der Waals surface area contributed by atoms with Crippen LogP contribution in [0.3, 0.4) is 0 Å². The zero-order chi connectivity index (χ0) is 16.5. The van der Waals surface area contributed by atoms with Crippen molar-refractivity contribution in [2.75, 3.05) is 59.4 Å². The Kier molecular flexibility index (Phi) is 16.2. The van der Waals surface area contributed by atoms with Crippen LogP contribution in [0.15, 0.2) is 0 Å². The van der Waals surface area contributed by atoms with Gasteiger partial charge in [-0.1, -0.05) is 13.8 Å². The third kappa shape index (κ3) is 17.4. The minimum atomic E-state index is 0.0951. The van der Waals surface area contributed by atoms with Crippen LogP contribution in [0.1, 0.15) is 33.6 Å². The van der Waals surface area contributed by atoms with E-state index in [1.54, 1.807) is 0 Å². The van der Waals surface area contributed by atoms with E-state index >= 15 is 0 Å². The summed E-state index contributed by atoms with van der Waals surface area (Å²) in [6.07, 6.45) is 1.51. The topological polar surface area (TPSA) is 66.0 Å². The van der Waals surface area contributed by atoms with Gasteiger partial charge < -0.3 is 24.3 Å². The smallest absolute Gasteiger partial charge is 0.220 e. The largest absolute Gasteiger partial charge is 0.379 e. The molecule has 6 nitrogen and oxygen atoms in total. The molecule has 1 N–H and O–H groups in total. The summed E-state index contributed by atoms with van der Waals surface area (Å²) in [5.74, 6) is 0.653. The van der Waals surface area contributed by atoms with E-state index in [4.69, 9.17) is 18.9 Å². The molecule has 132 valence electrons.